The Balaban J connectivity index is 1.64. The Morgan fingerprint density at radius 3 is 2.33 bits per heavy atom. The molecule has 0 bridgehead atoms. The Labute approximate surface area is 177 Å². The topological polar surface area (TPSA) is 30.5 Å². The molecule has 0 spiro atoms. The first-order chi connectivity index (χ1) is 13.0. The molecule has 0 aromatic heterocycles. The molecule has 0 atom stereocenters. The molecule has 0 unspecified atom stereocenters. The van der Waals surface area contributed by atoms with Gasteiger partial charge in [-0.15, -0.1) is 0 Å². The van der Waals surface area contributed by atoms with Gasteiger partial charge in [-0.05, 0) is 69.5 Å². The lowest BCUT2D eigenvalue weighted by Crippen LogP contribution is -2.02. The van der Waals surface area contributed by atoms with E-state index in [1.54, 1.807) is 7.11 Å². The predicted molar refractivity (Wildman–Crippen MR) is 115 cm³/mol. The summed E-state index contributed by atoms with van der Waals surface area (Å²) in [5.74, 6) is 1.39. The Morgan fingerprint density at radius 1 is 0.889 bits per heavy atom. The molecule has 3 aromatic carbocycles. The maximum absolute atomic E-state index is 6.13. The van der Waals surface area contributed by atoms with Crippen molar-refractivity contribution < 1.29 is 9.47 Å². The van der Waals surface area contributed by atoms with Crippen LogP contribution in [0.5, 0.6) is 11.5 Å². The Morgan fingerprint density at radius 2 is 1.63 bits per heavy atom. The normalized spacial score (nSPS) is 10.5. The molecule has 3 nitrogen and oxygen atoms in total. The number of anilines is 1. The van der Waals surface area contributed by atoms with E-state index in [2.05, 4.69) is 21.2 Å². The lowest BCUT2D eigenvalue weighted by molar-refractivity contribution is 0.284. The minimum atomic E-state index is 0.447. The molecule has 6 heteroatoms. The maximum Gasteiger partial charge on any atom is 0.161 e. The lowest BCUT2D eigenvalue weighted by Gasteiger charge is -2.13. The van der Waals surface area contributed by atoms with Crippen LogP contribution in [0.4, 0.5) is 5.69 Å². The van der Waals surface area contributed by atoms with Crippen LogP contribution in [-0.4, -0.2) is 7.11 Å². The third-order valence-electron chi connectivity index (χ3n) is 3.95. The van der Waals surface area contributed by atoms with Gasteiger partial charge in [0.05, 0.1) is 12.1 Å². The number of benzene rings is 3. The van der Waals surface area contributed by atoms with Gasteiger partial charge in [0.25, 0.3) is 0 Å². The number of methoxy groups -OCH3 is 1. The number of halogens is 3. The van der Waals surface area contributed by atoms with Crippen molar-refractivity contribution in [1.82, 2.24) is 0 Å². The summed E-state index contributed by atoms with van der Waals surface area (Å²) in [5.41, 5.74) is 3.06. The number of rotatable bonds is 7. The van der Waals surface area contributed by atoms with Crippen molar-refractivity contribution in [2.45, 2.75) is 13.2 Å². The molecule has 27 heavy (non-hydrogen) atoms. The van der Waals surface area contributed by atoms with Crippen molar-refractivity contribution in [3.8, 4) is 11.5 Å². The van der Waals surface area contributed by atoms with Gasteiger partial charge in [-0.25, -0.2) is 0 Å². The van der Waals surface area contributed by atoms with E-state index in [0.29, 0.717) is 34.7 Å². The van der Waals surface area contributed by atoms with Crippen molar-refractivity contribution in [3.63, 3.8) is 0 Å². The van der Waals surface area contributed by atoms with Gasteiger partial charge in [0.1, 0.15) is 6.61 Å². The summed E-state index contributed by atoms with van der Waals surface area (Å²) >= 11 is 15.4. The fourth-order valence-corrected chi connectivity index (χ4v) is 3.05. The van der Waals surface area contributed by atoms with Crippen molar-refractivity contribution in [3.05, 3.63) is 86.3 Å². The van der Waals surface area contributed by atoms with Gasteiger partial charge in [-0.2, -0.15) is 0 Å². The molecular weight excluding hydrogens is 449 g/mol. The first-order valence-electron chi connectivity index (χ1n) is 8.28. The molecule has 0 fully saturated rings. The van der Waals surface area contributed by atoms with E-state index in [0.717, 1.165) is 21.3 Å². The van der Waals surface area contributed by atoms with E-state index in [4.69, 9.17) is 32.7 Å². The monoisotopic (exact) mass is 465 g/mol. The quantitative estimate of drug-likeness (QED) is 0.408. The zero-order valence-electron chi connectivity index (χ0n) is 14.6. The minimum absolute atomic E-state index is 0.447. The first kappa shape index (κ1) is 19.9. The summed E-state index contributed by atoms with van der Waals surface area (Å²) in [6, 6.07) is 19.2. The van der Waals surface area contributed by atoms with Crippen LogP contribution in [0.25, 0.3) is 0 Å². The predicted octanol–water partition coefficient (Wildman–Crippen LogP) is 6.96. The van der Waals surface area contributed by atoms with Crippen LogP contribution in [0, 0.1) is 0 Å². The largest absolute Gasteiger partial charge is 0.493 e. The fourth-order valence-electron chi connectivity index (χ4n) is 2.49. The van der Waals surface area contributed by atoms with Gasteiger partial charge >= 0.3 is 0 Å². The standard InChI is InChI=1S/C21H18BrCl2NO2/c1-26-21-10-15(12-25-17-7-8-18(22)19(24)11-17)4-9-20(21)27-13-14-2-5-16(23)6-3-14/h2-11,25H,12-13H2,1H3. The van der Waals surface area contributed by atoms with Crippen LogP contribution in [-0.2, 0) is 13.2 Å². The number of hydrogen-bond donors (Lipinski definition) is 1. The SMILES string of the molecule is COc1cc(CNc2ccc(Br)c(Cl)c2)ccc1OCc1ccc(Cl)cc1. The van der Waals surface area contributed by atoms with Gasteiger partial charge in [-0.1, -0.05) is 41.4 Å². The van der Waals surface area contributed by atoms with E-state index in [9.17, 15) is 0 Å². The smallest absolute Gasteiger partial charge is 0.161 e. The number of nitrogens with one attached hydrogen (secondary N) is 1. The first-order valence-corrected chi connectivity index (χ1v) is 9.83. The molecule has 0 radical (unpaired) electrons. The molecule has 0 aliphatic carbocycles. The molecule has 3 aromatic rings. The number of ether oxygens (including phenoxy) is 2. The van der Waals surface area contributed by atoms with E-state index in [1.165, 1.54) is 0 Å². The third kappa shape index (κ3) is 5.55. The van der Waals surface area contributed by atoms with Gasteiger partial charge in [0.2, 0.25) is 0 Å². The van der Waals surface area contributed by atoms with Crippen molar-refractivity contribution in [1.29, 1.82) is 0 Å². The molecule has 1 N–H and O–H groups in total. The molecule has 0 amide bonds. The zero-order chi connectivity index (χ0) is 19.2. The number of hydrogen-bond acceptors (Lipinski definition) is 3. The highest BCUT2D eigenvalue weighted by Gasteiger charge is 2.07. The Bertz CT molecular complexity index is 917. The van der Waals surface area contributed by atoms with Gasteiger partial charge in [0.15, 0.2) is 11.5 Å². The molecule has 0 heterocycles. The highest BCUT2D eigenvalue weighted by atomic mass is 79.9. The summed E-state index contributed by atoms with van der Waals surface area (Å²) in [6.45, 7) is 1.09. The van der Waals surface area contributed by atoms with E-state index >= 15 is 0 Å². The highest BCUT2D eigenvalue weighted by Crippen LogP contribution is 2.30. The van der Waals surface area contributed by atoms with Crippen molar-refractivity contribution >= 4 is 44.8 Å². The van der Waals surface area contributed by atoms with Crippen LogP contribution < -0.4 is 14.8 Å². The molecule has 3 rings (SSSR count). The van der Waals surface area contributed by atoms with Crippen molar-refractivity contribution in [2.75, 3.05) is 12.4 Å². The zero-order valence-corrected chi connectivity index (χ0v) is 17.7. The van der Waals surface area contributed by atoms with Gasteiger partial charge in [-0.3, -0.25) is 0 Å². The molecule has 0 aliphatic rings. The van der Waals surface area contributed by atoms with Crippen LogP contribution in [0.15, 0.2) is 65.1 Å². The Hall–Kier alpha value is -1.88. The summed E-state index contributed by atoms with van der Waals surface area (Å²) in [6.07, 6.45) is 0. The average molecular weight is 467 g/mol. The second kappa shape index (κ2) is 9.36. The minimum Gasteiger partial charge on any atom is -0.493 e. The summed E-state index contributed by atoms with van der Waals surface area (Å²) in [7, 11) is 1.64. The summed E-state index contributed by atoms with van der Waals surface area (Å²) in [5, 5.41) is 4.73. The summed E-state index contributed by atoms with van der Waals surface area (Å²) in [4.78, 5) is 0. The maximum atomic E-state index is 6.13. The van der Waals surface area contributed by atoms with Crippen LogP contribution in [0.3, 0.4) is 0 Å². The molecular formula is C21H18BrCl2NO2. The molecule has 0 aliphatic heterocycles. The highest BCUT2D eigenvalue weighted by molar-refractivity contribution is 9.10. The third-order valence-corrected chi connectivity index (χ3v) is 5.44. The molecule has 140 valence electrons. The fraction of sp³-hybridized carbons (Fsp3) is 0.143. The van der Waals surface area contributed by atoms with Crippen LogP contribution >= 0.6 is 39.1 Å². The average Bonchev–Trinajstić information content (AvgIpc) is 2.68. The van der Waals surface area contributed by atoms with E-state index in [1.807, 2.05) is 60.7 Å². The van der Waals surface area contributed by atoms with E-state index in [-0.39, 0.29) is 0 Å². The Kier molecular flexibility index (Phi) is 6.89. The lowest BCUT2D eigenvalue weighted by atomic mass is 10.2. The van der Waals surface area contributed by atoms with Crippen LogP contribution in [0.1, 0.15) is 11.1 Å². The molecule has 0 saturated heterocycles. The van der Waals surface area contributed by atoms with Gasteiger partial charge in [0, 0.05) is 21.7 Å². The van der Waals surface area contributed by atoms with Crippen LogP contribution in [0.2, 0.25) is 10.0 Å². The second-order valence-electron chi connectivity index (χ2n) is 5.88. The van der Waals surface area contributed by atoms with E-state index < -0.39 is 0 Å². The van der Waals surface area contributed by atoms with Gasteiger partial charge < -0.3 is 14.8 Å². The molecule has 0 saturated carbocycles. The second-order valence-corrected chi connectivity index (χ2v) is 7.58. The van der Waals surface area contributed by atoms with Crippen molar-refractivity contribution in [2.24, 2.45) is 0 Å². The summed E-state index contributed by atoms with van der Waals surface area (Å²) < 4.78 is 12.2.